The molecule has 0 aliphatic carbocycles. The van der Waals surface area contributed by atoms with Crippen molar-refractivity contribution in [3.05, 3.63) is 5.92 Å². The van der Waals surface area contributed by atoms with Crippen molar-refractivity contribution >= 4 is 22.1 Å². The van der Waals surface area contributed by atoms with Crippen LogP contribution in [0.4, 0.5) is 0 Å². The predicted molar refractivity (Wildman–Crippen MR) is 157 cm³/mol. The standard InChI is InChI=1S/C26H53.C4H6O7S.Na/c1-4-7-10-13-15-18-21-24-26(23-20-17-12-9-6-3)25-22-19-16-14-11-8-5-2;5-3(6)1-2(4(7)8)12(9,10)11;/h4-25H2,1-3H3;2H,1H2,(H,5,6)(H,7,8)(H,9,10,11);/q-1;;+1. The van der Waals surface area contributed by atoms with Gasteiger partial charge in [-0.05, 0) is 0 Å². The molecule has 1 unspecified atom stereocenters. The van der Waals surface area contributed by atoms with E-state index in [9.17, 15) is 18.0 Å². The van der Waals surface area contributed by atoms with Gasteiger partial charge in [-0.3, -0.25) is 14.1 Å². The second kappa shape index (κ2) is 30.8. The molecule has 0 saturated heterocycles. The van der Waals surface area contributed by atoms with Crippen LogP contribution in [0, 0.1) is 5.92 Å². The summed E-state index contributed by atoms with van der Waals surface area (Å²) in [6, 6.07) is 0. The van der Waals surface area contributed by atoms with Crippen molar-refractivity contribution in [3.63, 3.8) is 0 Å². The molecule has 0 rings (SSSR count). The van der Waals surface area contributed by atoms with Crippen molar-refractivity contribution in [3.8, 4) is 0 Å². The molecule has 0 aromatic heterocycles. The molecule has 0 radical (unpaired) electrons. The van der Waals surface area contributed by atoms with Crippen molar-refractivity contribution in [2.45, 2.75) is 174 Å². The number of hydrogen-bond donors (Lipinski definition) is 3. The Balaban J connectivity index is -0.000000839. The number of rotatable bonds is 26. The van der Waals surface area contributed by atoms with E-state index >= 15 is 0 Å². The van der Waals surface area contributed by atoms with Crippen LogP contribution in [0.2, 0.25) is 0 Å². The maximum atomic E-state index is 10.2. The molecule has 3 N–H and O–H groups in total. The second-order valence-corrected chi connectivity index (χ2v) is 12.2. The van der Waals surface area contributed by atoms with Crippen LogP contribution in [0.3, 0.4) is 0 Å². The first-order chi connectivity index (χ1) is 18.1. The van der Waals surface area contributed by atoms with Crippen LogP contribution in [0.5, 0.6) is 0 Å². The Hall–Kier alpha value is -0.150. The Morgan fingerprint density at radius 1 is 0.590 bits per heavy atom. The topological polar surface area (TPSA) is 129 Å². The summed E-state index contributed by atoms with van der Waals surface area (Å²) in [6.45, 7) is 6.94. The van der Waals surface area contributed by atoms with Gasteiger partial charge in [-0.15, -0.1) is 0 Å². The van der Waals surface area contributed by atoms with Gasteiger partial charge in [0.2, 0.25) is 0 Å². The molecule has 0 aliphatic heterocycles. The summed E-state index contributed by atoms with van der Waals surface area (Å²) >= 11 is 0. The molecule has 0 fully saturated rings. The number of unbranched alkanes of at least 4 members (excludes halogenated alkanes) is 16. The van der Waals surface area contributed by atoms with Crippen LogP contribution < -0.4 is 29.6 Å². The third-order valence-electron chi connectivity index (χ3n) is 6.90. The van der Waals surface area contributed by atoms with Gasteiger partial charge in [0.05, 0.1) is 6.42 Å². The molecule has 9 heteroatoms. The minimum absolute atomic E-state index is 0. The zero-order chi connectivity index (χ0) is 29.1. The van der Waals surface area contributed by atoms with E-state index in [0.29, 0.717) is 0 Å². The van der Waals surface area contributed by atoms with Crippen molar-refractivity contribution in [2.75, 3.05) is 0 Å². The second-order valence-electron chi connectivity index (χ2n) is 10.6. The summed E-state index contributed by atoms with van der Waals surface area (Å²) in [7, 11) is -4.84. The molecule has 0 amide bonds. The van der Waals surface area contributed by atoms with Crippen molar-refractivity contribution in [1.29, 1.82) is 0 Å². The fourth-order valence-electron chi connectivity index (χ4n) is 4.50. The summed E-state index contributed by atoms with van der Waals surface area (Å²) in [5.74, 6) is -1.58. The monoisotopic (exact) mass is 586 g/mol. The minimum Gasteiger partial charge on any atom is -0.481 e. The third-order valence-corrected chi connectivity index (χ3v) is 7.98. The molecule has 0 heterocycles. The summed E-state index contributed by atoms with van der Waals surface area (Å²) in [5, 5.41) is 13.9. The maximum Gasteiger partial charge on any atom is 1.00 e. The minimum atomic E-state index is -4.84. The largest absolute Gasteiger partial charge is 1.00 e. The average molecular weight is 587 g/mol. The fraction of sp³-hybridized carbons (Fsp3) is 0.900. The van der Waals surface area contributed by atoms with Gasteiger partial charge >= 0.3 is 41.5 Å². The molecular weight excluding hydrogens is 527 g/mol. The van der Waals surface area contributed by atoms with Crippen LogP contribution in [-0.2, 0) is 19.7 Å². The van der Waals surface area contributed by atoms with Crippen LogP contribution in [0.25, 0.3) is 0 Å². The van der Waals surface area contributed by atoms with Gasteiger partial charge in [-0.25, -0.2) is 0 Å². The number of aliphatic carboxylic acids is 2. The molecule has 0 aromatic carbocycles. The number of hydrogen-bond acceptors (Lipinski definition) is 4. The SMILES string of the molecule is CCCCCCCCC[C-](CCCCCCC)CCCCCCCCC.O=C(O)CC(C(=O)O)S(=O)(=O)O.[Na+]. The van der Waals surface area contributed by atoms with Gasteiger partial charge in [0.25, 0.3) is 10.1 Å². The summed E-state index contributed by atoms with van der Waals surface area (Å²) in [5.41, 5.74) is 0. The first kappa shape index (κ1) is 43.3. The molecule has 0 saturated carbocycles. The van der Waals surface area contributed by atoms with Gasteiger partial charge in [0, 0.05) is 0 Å². The first-order valence-electron chi connectivity index (χ1n) is 15.3. The zero-order valence-corrected chi connectivity index (χ0v) is 28.5. The fourth-order valence-corrected chi connectivity index (χ4v) is 5.10. The molecule has 39 heavy (non-hydrogen) atoms. The van der Waals surface area contributed by atoms with Crippen LogP contribution in [0.15, 0.2) is 0 Å². The molecule has 0 bridgehead atoms. The van der Waals surface area contributed by atoms with Gasteiger partial charge in [-0.2, -0.15) is 27.7 Å². The van der Waals surface area contributed by atoms with Crippen molar-refractivity contribution in [2.24, 2.45) is 0 Å². The van der Waals surface area contributed by atoms with E-state index < -0.39 is 33.7 Å². The Bertz CT molecular complexity index is 638. The van der Waals surface area contributed by atoms with Crippen molar-refractivity contribution < 1.29 is 62.3 Å². The Kier molecular flexibility index (Phi) is 34.2. The van der Waals surface area contributed by atoms with E-state index in [4.69, 9.17) is 14.8 Å². The summed E-state index contributed by atoms with van der Waals surface area (Å²) < 4.78 is 28.7. The molecular formula is C30H59NaO7S. The maximum absolute atomic E-state index is 10.2. The number of carboxylic acid groups (broad SMARTS) is 2. The van der Waals surface area contributed by atoms with Crippen molar-refractivity contribution in [1.82, 2.24) is 0 Å². The molecule has 228 valence electrons. The van der Waals surface area contributed by atoms with E-state index in [1.54, 1.807) is 0 Å². The van der Waals surface area contributed by atoms with Gasteiger partial charge in [0.15, 0.2) is 5.25 Å². The molecule has 0 aromatic rings. The van der Waals surface area contributed by atoms with E-state index in [1.807, 2.05) is 5.92 Å². The first-order valence-corrected chi connectivity index (χ1v) is 16.8. The van der Waals surface area contributed by atoms with Crippen LogP contribution in [-0.4, -0.2) is 40.4 Å². The van der Waals surface area contributed by atoms with Gasteiger partial charge in [0.1, 0.15) is 0 Å². The van der Waals surface area contributed by atoms with Crippen LogP contribution >= 0.6 is 0 Å². The molecule has 0 spiro atoms. The summed E-state index contributed by atoms with van der Waals surface area (Å²) in [4.78, 5) is 20.0. The molecule has 7 nitrogen and oxygen atoms in total. The van der Waals surface area contributed by atoms with E-state index in [2.05, 4.69) is 20.8 Å². The zero-order valence-electron chi connectivity index (χ0n) is 25.7. The molecule has 1 atom stereocenters. The van der Waals surface area contributed by atoms with E-state index in [1.165, 1.54) is 141 Å². The Morgan fingerprint density at radius 3 is 1.08 bits per heavy atom. The van der Waals surface area contributed by atoms with Gasteiger partial charge < -0.3 is 16.1 Å². The summed E-state index contributed by atoms with van der Waals surface area (Å²) in [6.07, 6.45) is 30.6. The Morgan fingerprint density at radius 2 is 0.872 bits per heavy atom. The van der Waals surface area contributed by atoms with Gasteiger partial charge in [-0.1, -0.05) is 143 Å². The quantitative estimate of drug-likeness (QED) is 0.0490. The third kappa shape index (κ3) is 32.2. The average Bonchev–Trinajstić information content (AvgIpc) is 2.85. The van der Waals surface area contributed by atoms with E-state index in [0.717, 1.165) is 0 Å². The van der Waals surface area contributed by atoms with Crippen LogP contribution in [0.1, 0.15) is 168 Å². The normalized spacial score (nSPS) is 11.9. The molecule has 0 aliphatic rings. The number of carbonyl (C=O) groups is 2. The predicted octanol–water partition coefficient (Wildman–Crippen LogP) is 6.01. The number of carboxylic acids is 2. The Labute approximate surface area is 262 Å². The van der Waals surface area contributed by atoms with E-state index in [-0.39, 0.29) is 29.6 Å². The smallest absolute Gasteiger partial charge is 0.481 e.